The van der Waals surface area contributed by atoms with Gasteiger partial charge in [-0.1, -0.05) is 13.8 Å². The molecule has 0 aromatic carbocycles. The highest BCUT2D eigenvalue weighted by atomic mass is 32.2. The Morgan fingerprint density at radius 1 is 1.42 bits per heavy atom. The average Bonchev–Trinajstić information content (AvgIpc) is 2.33. The quantitative estimate of drug-likeness (QED) is 0.796. The summed E-state index contributed by atoms with van der Waals surface area (Å²) in [5, 5.41) is 3.14. The molecule has 3 N–H and O–H groups in total. The molecule has 1 aromatic heterocycles. The van der Waals surface area contributed by atoms with Gasteiger partial charge in [0.2, 0.25) is 0 Å². The van der Waals surface area contributed by atoms with Crippen molar-refractivity contribution in [3.63, 3.8) is 0 Å². The lowest BCUT2D eigenvalue weighted by Gasteiger charge is -2.25. The number of nitrogens with one attached hydrogen (secondary N) is 1. The van der Waals surface area contributed by atoms with Crippen molar-refractivity contribution < 1.29 is 8.42 Å². The molecule has 1 rings (SSSR count). The van der Waals surface area contributed by atoms with Crippen LogP contribution in [0, 0.1) is 5.41 Å². The van der Waals surface area contributed by atoms with Gasteiger partial charge >= 0.3 is 0 Å². The zero-order valence-electron chi connectivity index (χ0n) is 11.8. The summed E-state index contributed by atoms with van der Waals surface area (Å²) in [6.07, 6.45) is 4.71. The topological polar surface area (TPSA) is 85.1 Å². The van der Waals surface area contributed by atoms with Gasteiger partial charge in [0.25, 0.3) is 0 Å². The molecule has 0 amide bonds. The normalized spacial score (nSPS) is 12.4. The van der Waals surface area contributed by atoms with Gasteiger partial charge in [-0.15, -0.1) is 0 Å². The molecule has 0 saturated carbocycles. The minimum absolute atomic E-state index is 0.0473. The molecule has 1 aromatic rings. The fourth-order valence-electron chi connectivity index (χ4n) is 1.81. The fourth-order valence-corrected chi connectivity index (χ4v) is 2.62. The van der Waals surface area contributed by atoms with Crippen LogP contribution in [0.5, 0.6) is 0 Å². The van der Waals surface area contributed by atoms with E-state index in [1.165, 1.54) is 6.26 Å². The van der Waals surface area contributed by atoms with E-state index in [0.29, 0.717) is 18.9 Å². The highest BCUT2D eigenvalue weighted by Gasteiger charge is 2.19. The SMILES string of the molecule is CC(C)(CCCN)CNc1ncccc1S(C)(=O)=O. The molecule has 0 unspecified atom stereocenters. The summed E-state index contributed by atoms with van der Waals surface area (Å²) in [6.45, 7) is 5.57. The molecule has 19 heavy (non-hydrogen) atoms. The van der Waals surface area contributed by atoms with E-state index < -0.39 is 9.84 Å². The predicted molar refractivity (Wildman–Crippen MR) is 77.9 cm³/mol. The minimum Gasteiger partial charge on any atom is -0.368 e. The first-order valence-corrected chi connectivity index (χ1v) is 8.24. The summed E-state index contributed by atoms with van der Waals surface area (Å²) >= 11 is 0. The van der Waals surface area contributed by atoms with Crippen LogP contribution in [-0.2, 0) is 9.84 Å². The summed E-state index contributed by atoms with van der Waals surface area (Å²) in [5.41, 5.74) is 5.56. The van der Waals surface area contributed by atoms with Crippen LogP contribution >= 0.6 is 0 Å². The average molecular weight is 285 g/mol. The third-order valence-corrected chi connectivity index (χ3v) is 4.09. The lowest BCUT2D eigenvalue weighted by Crippen LogP contribution is -2.25. The van der Waals surface area contributed by atoms with E-state index >= 15 is 0 Å². The first-order chi connectivity index (χ1) is 8.76. The molecule has 0 saturated heterocycles. The fraction of sp³-hybridized carbons (Fsp3) is 0.615. The summed E-state index contributed by atoms with van der Waals surface area (Å²) < 4.78 is 23.3. The molecule has 6 heteroatoms. The molecular weight excluding hydrogens is 262 g/mol. The molecule has 0 aliphatic rings. The van der Waals surface area contributed by atoms with Crippen LogP contribution in [0.4, 0.5) is 5.82 Å². The van der Waals surface area contributed by atoms with Crippen LogP contribution in [0.2, 0.25) is 0 Å². The number of hydrogen-bond donors (Lipinski definition) is 2. The Balaban J connectivity index is 2.79. The van der Waals surface area contributed by atoms with Crippen LogP contribution in [0.3, 0.4) is 0 Å². The smallest absolute Gasteiger partial charge is 0.179 e. The molecule has 0 aliphatic heterocycles. The number of aromatic nitrogens is 1. The van der Waals surface area contributed by atoms with Crippen LogP contribution in [-0.4, -0.2) is 32.7 Å². The van der Waals surface area contributed by atoms with Gasteiger partial charge in [-0.2, -0.15) is 0 Å². The molecule has 0 radical (unpaired) electrons. The third kappa shape index (κ3) is 5.16. The van der Waals surface area contributed by atoms with Crippen LogP contribution in [0.15, 0.2) is 23.2 Å². The highest BCUT2D eigenvalue weighted by molar-refractivity contribution is 7.90. The zero-order chi connectivity index (χ0) is 14.5. The van der Waals surface area contributed by atoms with Crippen LogP contribution in [0.1, 0.15) is 26.7 Å². The van der Waals surface area contributed by atoms with Gasteiger partial charge in [0.1, 0.15) is 10.7 Å². The molecule has 5 nitrogen and oxygen atoms in total. The first kappa shape index (κ1) is 15.9. The van der Waals surface area contributed by atoms with Crippen molar-refractivity contribution in [1.29, 1.82) is 0 Å². The van der Waals surface area contributed by atoms with Crippen molar-refractivity contribution in [1.82, 2.24) is 4.98 Å². The summed E-state index contributed by atoms with van der Waals surface area (Å²) in [7, 11) is -3.26. The Kier molecular flexibility index (Phi) is 5.31. The van der Waals surface area contributed by atoms with Gasteiger partial charge in [0.05, 0.1) is 0 Å². The number of nitrogens with two attached hydrogens (primary N) is 1. The first-order valence-electron chi connectivity index (χ1n) is 6.35. The van der Waals surface area contributed by atoms with Crippen LogP contribution < -0.4 is 11.1 Å². The zero-order valence-corrected chi connectivity index (χ0v) is 12.6. The minimum atomic E-state index is -3.26. The summed E-state index contributed by atoms with van der Waals surface area (Å²) in [6, 6.07) is 3.19. The number of nitrogens with zero attached hydrogens (tertiary/aromatic N) is 1. The second kappa shape index (κ2) is 6.34. The maximum Gasteiger partial charge on any atom is 0.179 e. The van der Waals surface area contributed by atoms with Crippen molar-refractivity contribution in [2.45, 2.75) is 31.6 Å². The number of pyridine rings is 1. The number of hydrogen-bond acceptors (Lipinski definition) is 5. The Morgan fingerprint density at radius 2 is 2.11 bits per heavy atom. The van der Waals surface area contributed by atoms with Crippen molar-refractivity contribution in [3.05, 3.63) is 18.3 Å². The molecule has 1 heterocycles. The van der Waals surface area contributed by atoms with E-state index in [1.807, 2.05) is 0 Å². The van der Waals surface area contributed by atoms with Gasteiger partial charge < -0.3 is 11.1 Å². The van der Waals surface area contributed by atoms with Crippen LogP contribution in [0.25, 0.3) is 0 Å². The van der Waals surface area contributed by atoms with Gasteiger partial charge in [-0.05, 0) is 36.9 Å². The van der Waals surface area contributed by atoms with Gasteiger partial charge in [-0.25, -0.2) is 13.4 Å². The molecule has 108 valence electrons. The molecule has 0 spiro atoms. The predicted octanol–water partition coefficient (Wildman–Crippen LogP) is 1.66. The second-order valence-electron chi connectivity index (χ2n) is 5.53. The maximum atomic E-state index is 11.7. The monoisotopic (exact) mass is 285 g/mol. The number of rotatable bonds is 7. The molecule has 0 fully saturated rings. The standard InChI is InChI=1S/C13H23N3O2S/c1-13(2,7-5-8-14)10-16-12-11(19(3,17)18)6-4-9-15-12/h4,6,9H,5,7-8,10,14H2,1-3H3,(H,15,16). The number of anilines is 1. The van der Waals surface area contributed by atoms with Gasteiger partial charge in [0.15, 0.2) is 9.84 Å². The molecule has 0 bridgehead atoms. The van der Waals surface area contributed by atoms with E-state index in [2.05, 4.69) is 24.1 Å². The summed E-state index contributed by atoms with van der Waals surface area (Å²) in [4.78, 5) is 4.35. The Hall–Kier alpha value is -1.14. The van der Waals surface area contributed by atoms with Crippen molar-refractivity contribution in [2.75, 3.05) is 24.7 Å². The molecular formula is C13H23N3O2S. The Labute approximate surface area is 115 Å². The van der Waals surface area contributed by atoms with Crippen molar-refractivity contribution in [3.8, 4) is 0 Å². The van der Waals surface area contributed by atoms with Gasteiger partial charge in [-0.3, -0.25) is 0 Å². The number of sulfone groups is 1. The van der Waals surface area contributed by atoms with Gasteiger partial charge in [0, 0.05) is 19.0 Å². The van der Waals surface area contributed by atoms with E-state index in [-0.39, 0.29) is 10.3 Å². The van der Waals surface area contributed by atoms with Crippen molar-refractivity contribution in [2.24, 2.45) is 11.1 Å². The second-order valence-corrected chi connectivity index (χ2v) is 7.52. The molecule has 0 atom stereocenters. The van der Waals surface area contributed by atoms with E-state index in [0.717, 1.165) is 12.8 Å². The van der Waals surface area contributed by atoms with Crippen molar-refractivity contribution >= 4 is 15.7 Å². The Morgan fingerprint density at radius 3 is 2.68 bits per heavy atom. The lowest BCUT2D eigenvalue weighted by molar-refractivity contribution is 0.349. The third-order valence-electron chi connectivity index (χ3n) is 2.96. The highest BCUT2D eigenvalue weighted by Crippen LogP contribution is 2.24. The maximum absolute atomic E-state index is 11.7. The largest absolute Gasteiger partial charge is 0.368 e. The van der Waals surface area contributed by atoms with E-state index in [4.69, 9.17) is 5.73 Å². The molecule has 0 aliphatic carbocycles. The Bertz CT molecular complexity index is 512. The lowest BCUT2D eigenvalue weighted by atomic mass is 9.88. The van der Waals surface area contributed by atoms with E-state index in [9.17, 15) is 8.42 Å². The summed E-state index contributed by atoms with van der Waals surface area (Å²) in [5.74, 6) is 0.422. The van der Waals surface area contributed by atoms with E-state index in [1.54, 1.807) is 18.3 Å².